The zero-order valence-corrected chi connectivity index (χ0v) is 8.86. The van der Waals surface area contributed by atoms with Gasteiger partial charge in [-0.25, -0.2) is 0 Å². The lowest BCUT2D eigenvalue weighted by molar-refractivity contribution is 0.0868. The molecular weight excluding hydrogens is 174 g/mol. The molecule has 0 rings (SSSR count). The van der Waals surface area contributed by atoms with Gasteiger partial charge >= 0.3 is 0 Å². The Kier molecular flexibility index (Phi) is 4.83. The van der Waals surface area contributed by atoms with Crippen LogP contribution in [0.2, 0.25) is 0 Å². The molecule has 0 amide bonds. The Balaban J connectivity index is 4.02. The summed E-state index contributed by atoms with van der Waals surface area (Å²) in [5.74, 6) is 0.478. The van der Waals surface area contributed by atoms with Crippen molar-refractivity contribution in [3.63, 3.8) is 0 Å². The van der Waals surface area contributed by atoms with Gasteiger partial charge in [0.2, 0.25) is 0 Å². The van der Waals surface area contributed by atoms with E-state index in [0.29, 0.717) is 5.88 Å². The van der Waals surface area contributed by atoms with Gasteiger partial charge in [-0.05, 0) is 26.5 Å². The third-order valence-corrected chi connectivity index (χ3v) is 2.45. The Bertz CT molecular complexity index is 157. The summed E-state index contributed by atoms with van der Waals surface area (Å²) in [6, 6.07) is 0. The minimum atomic E-state index is -0.199. The van der Waals surface area contributed by atoms with Crippen molar-refractivity contribution in [1.82, 2.24) is 4.90 Å². The summed E-state index contributed by atoms with van der Waals surface area (Å²) < 4.78 is 0. The highest BCUT2D eigenvalue weighted by Crippen LogP contribution is 2.12. The quantitative estimate of drug-likeness (QED) is 0.526. The van der Waals surface area contributed by atoms with Crippen LogP contribution < -0.4 is 0 Å². The molecule has 0 spiro atoms. The molecule has 3 heteroatoms. The number of hydrogen-bond donors (Lipinski definition) is 1. The SMILES string of the molecule is C=C(CCl)CN(C)C(C)(C)CO. The van der Waals surface area contributed by atoms with Crippen molar-refractivity contribution in [2.75, 3.05) is 26.1 Å². The Labute approximate surface area is 79.8 Å². The maximum absolute atomic E-state index is 9.05. The van der Waals surface area contributed by atoms with Gasteiger partial charge in [0.05, 0.1) is 6.61 Å². The Morgan fingerprint density at radius 2 is 2.08 bits per heavy atom. The van der Waals surface area contributed by atoms with Crippen LogP contribution in [-0.4, -0.2) is 41.6 Å². The molecule has 0 saturated heterocycles. The van der Waals surface area contributed by atoms with E-state index >= 15 is 0 Å². The van der Waals surface area contributed by atoms with Crippen LogP contribution in [0.15, 0.2) is 12.2 Å². The lowest BCUT2D eigenvalue weighted by Crippen LogP contribution is -2.45. The van der Waals surface area contributed by atoms with Gasteiger partial charge in [-0.1, -0.05) is 6.58 Å². The number of rotatable bonds is 5. The van der Waals surface area contributed by atoms with Crippen LogP contribution in [0.25, 0.3) is 0 Å². The molecule has 0 atom stereocenters. The van der Waals surface area contributed by atoms with Gasteiger partial charge in [0.15, 0.2) is 0 Å². The largest absolute Gasteiger partial charge is 0.394 e. The minimum Gasteiger partial charge on any atom is -0.394 e. The van der Waals surface area contributed by atoms with Gasteiger partial charge < -0.3 is 5.11 Å². The number of hydrogen-bond acceptors (Lipinski definition) is 2. The highest BCUT2D eigenvalue weighted by atomic mass is 35.5. The lowest BCUT2D eigenvalue weighted by Gasteiger charge is -2.34. The Hall–Kier alpha value is -0.0500. The van der Waals surface area contributed by atoms with E-state index in [4.69, 9.17) is 16.7 Å². The van der Waals surface area contributed by atoms with Crippen LogP contribution >= 0.6 is 11.6 Å². The predicted molar refractivity (Wildman–Crippen MR) is 53.7 cm³/mol. The fraction of sp³-hybridized carbons (Fsp3) is 0.778. The number of aliphatic hydroxyl groups is 1. The summed E-state index contributed by atoms with van der Waals surface area (Å²) in [5, 5.41) is 9.05. The molecule has 0 aliphatic heterocycles. The minimum absolute atomic E-state index is 0.138. The first-order valence-corrected chi connectivity index (χ1v) is 4.52. The second kappa shape index (κ2) is 4.85. The van der Waals surface area contributed by atoms with E-state index in [-0.39, 0.29) is 12.1 Å². The molecule has 2 nitrogen and oxygen atoms in total. The van der Waals surface area contributed by atoms with E-state index in [9.17, 15) is 0 Å². The van der Waals surface area contributed by atoms with Crippen LogP contribution in [0.5, 0.6) is 0 Å². The molecule has 0 aromatic carbocycles. The summed E-state index contributed by atoms with van der Waals surface area (Å²) in [6.45, 7) is 8.64. The Morgan fingerprint density at radius 3 is 2.42 bits per heavy atom. The molecule has 0 radical (unpaired) electrons. The molecule has 0 aromatic heterocycles. The van der Waals surface area contributed by atoms with E-state index in [0.717, 1.165) is 12.1 Å². The first kappa shape index (κ1) is 11.9. The summed E-state index contributed by atoms with van der Waals surface area (Å²) >= 11 is 5.60. The highest BCUT2D eigenvalue weighted by molar-refractivity contribution is 6.19. The van der Waals surface area contributed by atoms with Crippen LogP contribution in [0.3, 0.4) is 0 Å². The molecule has 0 fully saturated rings. The fourth-order valence-electron chi connectivity index (χ4n) is 0.712. The zero-order valence-electron chi connectivity index (χ0n) is 8.10. The van der Waals surface area contributed by atoms with Crippen molar-refractivity contribution in [3.05, 3.63) is 12.2 Å². The summed E-state index contributed by atoms with van der Waals surface area (Å²) in [5.41, 5.74) is 0.773. The van der Waals surface area contributed by atoms with E-state index in [2.05, 4.69) is 6.58 Å². The van der Waals surface area contributed by atoms with Crippen molar-refractivity contribution in [1.29, 1.82) is 0 Å². The van der Waals surface area contributed by atoms with Gasteiger partial charge in [-0.15, -0.1) is 11.6 Å². The first-order chi connectivity index (χ1) is 5.44. The number of alkyl halides is 1. The van der Waals surface area contributed by atoms with Gasteiger partial charge in [0.1, 0.15) is 0 Å². The molecule has 0 heterocycles. The first-order valence-electron chi connectivity index (χ1n) is 3.98. The molecular formula is C9H18ClNO. The van der Waals surface area contributed by atoms with Crippen molar-refractivity contribution < 1.29 is 5.11 Å². The lowest BCUT2D eigenvalue weighted by atomic mass is 10.0. The number of aliphatic hydroxyl groups excluding tert-OH is 1. The van der Waals surface area contributed by atoms with Crippen LogP contribution in [0, 0.1) is 0 Å². The van der Waals surface area contributed by atoms with Crippen molar-refractivity contribution in [3.8, 4) is 0 Å². The van der Waals surface area contributed by atoms with E-state index in [1.165, 1.54) is 0 Å². The third-order valence-electron chi connectivity index (χ3n) is 2.07. The zero-order chi connectivity index (χ0) is 9.78. The number of nitrogens with zero attached hydrogens (tertiary/aromatic N) is 1. The molecule has 0 aliphatic carbocycles. The van der Waals surface area contributed by atoms with E-state index in [1.807, 2.05) is 25.8 Å². The number of likely N-dealkylation sites (N-methyl/N-ethyl adjacent to an activating group) is 1. The van der Waals surface area contributed by atoms with E-state index < -0.39 is 0 Å². The van der Waals surface area contributed by atoms with Crippen molar-refractivity contribution >= 4 is 11.6 Å². The average Bonchev–Trinajstić information content (AvgIpc) is 2.04. The summed E-state index contributed by atoms with van der Waals surface area (Å²) in [4.78, 5) is 2.04. The normalized spacial score (nSPS) is 12.2. The molecule has 1 N–H and O–H groups in total. The molecule has 72 valence electrons. The average molecular weight is 192 g/mol. The standard InChI is InChI=1S/C9H18ClNO/c1-8(5-10)6-11(4)9(2,3)7-12/h12H,1,5-7H2,2-4H3. The molecule has 0 aliphatic rings. The maximum atomic E-state index is 9.05. The Morgan fingerprint density at radius 1 is 1.58 bits per heavy atom. The van der Waals surface area contributed by atoms with Crippen LogP contribution in [0.4, 0.5) is 0 Å². The van der Waals surface area contributed by atoms with Crippen molar-refractivity contribution in [2.24, 2.45) is 0 Å². The molecule has 0 unspecified atom stereocenters. The van der Waals surface area contributed by atoms with Crippen LogP contribution in [0.1, 0.15) is 13.8 Å². The molecule has 12 heavy (non-hydrogen) atoms. The predicted octanol–water partition coefficient (Wildman–Crippen LogP) is 1.48. The summed E-state index contributed by atoms with van der Waals surface area (Å²) in [7, 11) is 1.95. The van der Waals surface area contributed by atoms with Crippen molar-refractivity contribution in [2.45, 2.75) is 19.4 Å². The molecule has 0 aromatic rings. The molecule has 0 saturated carbocycles. The smallest absolute Gasteiger partial charge is 0.0610 e. The number of halogens is 1. The van der Waals surface area contributed by atoms with E-state index in [1.54, 1.807) is 0 Å². The maximum Gasteiger partial charge on any atom is 0.0610 e. The van der Waals surface area contributed by atoms with Crippen LogP contribution in [-0.2, 0) is 0 Å². The fourth-order valence-corrected chi connectivity index (χ4v) is 0.797. The van der Waals surface area contributed by atoms with Gasteiger partial charge in [0, 0.05) is 18.0 Å². The monoisotopic (exact) mass is 191 g/mol. The van der Waals surface area contributed by atoms with Gasteiger partial charge in [-0.2, -0.15) is 0 Å². The summed E-state index contributed by atoms with van der Waals surface area (Å²) in [6.07, 6.45) is 0. The second-order valence-electron chi connectivity index (χ2n) is 3.71. The highest BCUT2D eigenvalue weighted by Gasteiger charge is 2.22. The second-order valence-corrected chi connectivity index (χ2v) is 3.98. The van der Waals surface area contributed by atoms with Gasteiger partial charge in [0.25, 0.3) is 0 Å². The third kappa shape index (κ3) is 3.57. The topological polar surface area (TPSA) is 23.5 Å². The molecule has 0 bridgehead atoms. The van der Waals surface area contributed by atoms with Gasteiger partial charge in [-0.3, -0.25) is 4.90 Å².